The number of hydrogen-bond acceptors (Lipinski definition) is 4. The molecule has 2 amide bonds. The zero-order chi connectivity index (χ0) is 30.3. The summed E-state index contributed by atoms with van der Waals surface area (Å²) in [6.45, 7) is 3.27. The molecule has 2 atom stereocenters. The minimum absolute atomic E-state index is 0.00277. The number of nitrogens with one attached hydrogen (secondary N) is 1. The molecule has 220 valence electrons. The number of hydrogen-bond donors (Lipinski definition) is 1. The number of rotatable bonds is 12. The smallest absolute Gasteiger partial charge is 0.244 e. The molecule has 0 heterocycles. The Bertz CT molecular complexity index is 1490. The van der Waals surface area contributed by atoms with Crippen molar-refractivity contribution in [2.75, 3.05) is 17.1 Å². The lowest BCUT2D eigenvalue weighted by molar-refractivity contribution is -0.140. The molecule has 0 fully saturated rings. The molecule has 0 bridgehead atoms. The van der Waals surface area contributed by atoms with Crippen LogP contribution in [0, 0.1) is 0 Å². The number of carbonyl (C=O) groups excluding carboxylic acids is 2. The molecule has 0 aliphatic carbocycles. The number of amides is 2. The Kier molecular flexibility index (Phi) is 11.9. The molecule has 1 N–H and O–H groups in total. The number of halogens is 4. The van der Waals surface area contributed by atoms with E-state index < -0.39 is 28.5 Å². The van der Waals surface area contributed by atoms with Crippen molar-refractivity contribution in [1.29, 1.82) is 0 Å². The molecule has 41 heavy (non-hydrogen) atoms. The van der Waals surface area contributed by atoms with E-state index in [4.69, 9.17) is 34.8 Å². The highest BCUT2D eigenvalue weighted by molar-refractivity contribution is 9.10. The lowest BCUT2D eigenvalue weighted by Crippen LogP contribution is -2.54. The van der Waals surface area contributed by atoms with Gasteiger partial charge in [0.1, 0.15) is 12.6 Å². The lowest BCUT2D eigenvalue weighted by Gasteiger charge is -2.34. The molecule has 0 spiro atoms. The molecular formula is C29H31BrCl3N3O4S. The Balaban J connectivity index is 2.10. The third-order valence-electron chi connectivity index (χ3n) is 6.45. The number of carbonyl (C=O) groups is 2. The standard InChI is InChI=1S/C29H31BrCl3N3O4S/c1-4-19(2)34-29(38)27(14-20-9-6-5-7-10-20)35(17-21-11-8-12-22(30)13-21)28(37)18-36(41(3,39)40)26-16-24(32)23(31)15-25(26)33/h5-13,15-16,19,27H,4,14,17-18H2,1-3H3,(H,34,38)/t19-,27+/m1/s1. The number of anilines is 1. The van der Waals surface area contributed by atoms with E-state index in [1.54, 1.807) is 0 Å². The summed E-state index contributed by atoms with van der Waals surface area (Å²) in [5.41, 5.74) is 1.60. The third-order valence-corrected chi connectivity index (χ3v) is 9.10. The predicted octanol–water partition coefficient (Wildman–Crippen LogP) is 6.73. The SMILES string of the molecule is CC[C@@H](C)NC(=O)[C@H](Cc1ccccc1)N(Cc1cccc(Br)c1)C(=O)CN(c1cc(Cl)c(Cl)cc1Cl)S(C)(=O)=O. The van der Waals surface area contributed by atoms with Crippen LogP contribution in [0.25, 0.3) is 0 Å². The molecule has 0 saturated heterocycles. The largest absolute Gasteiger partial charge is 0.352 e. The molecule has 0 aliphatic rings. The predicted molar refractivity (Wildman–Crippen MR) is 170 cm³/mol. The fraction of sp³-hybridized carbons (Fsp3) is 0.310. The summed E-state index contributed by atoms with van der Waals surface area (Å²) in [5, 5.41) is 3.22. The molecule has 3 aromatic rings. The van der Waals surface area contributed by atoms with Crippen LogP contribution in [0.15, 0.2) is 71.2 Å². The summed E-state index contributed by atoms with van der Waals surface area (Å²) in [7, 11) is -4.01. The van der Waals surface area contributed by atoms with Crippen LogP contribution in [-0.4, -0.2) is 50.0 Å². The summed E-state index contributed by atoms with van der Waals surface area (Å²) in [5.74, 6) is -0.942. The van der Waals surface area contributed by atoms with Crippen molar-refractivity contribution in [3.63, 3.8) is 0 Å². The van der Waals surface area contributed by atoms with E-state index in [1.165, 1.54) is 17.0 Å². The van der Waals surface area contributed by atoms with Crippen LogP contribution < -0.4 is 9.62 Å². The number of benzene rings is 3. The van der Waals surface area contributed by atoms with E-state index >= 15 is 0 Å². The first-order valence-electron chi connectivity index (χ1n) is 12.8. The van der Waals surface area contributed by atoms with Gasteiger partial charge in [0.2, 0.25) is 21.8 Å². The fourth-order valence-corrected chi connectivity index (χ4v) is 6.12. The van der Waals surface area contributed by atoms with E-state index in [1.807, 2.05) is 68.4 Å². The topological polar surface area (TPSA) is 86.8 Å². The third kappa shape index (κ3) is 9.35. The maximum absolute atomic E-state index is 14.1. The summed E-state index contributed by atoms with van der Waals surface area (Å²) in [4.78, 5) is 29.3. The minimum Gasteiger partial charge on any atom is -0.352 e. The monoisotopic (exact) mass is 701 g/mol. The fourth-order valence-electron chi connectivity index (χ4n) is 4.13. The molecule has 0 aromatic heterocycles. The van der Waals surface area contributed by atoms with Gasteiger partial charge in [-0.3, -0.25) is 13.9 Å². The summed E-state index contributed by atoms with van der Waals surface area (Å²) >= 11 is 22.1. The zero-order valence-electron chi connectivity index (χ0n) is 22.8. The van der Waals surface area contributed by atoms with Gasteiger partial charge in [-0.15, -0.1) is 0 Å². The molecular weight excluding hydrogens is 673 g/mol. The molecule has 7 nitrogen and oxygen atoms in total. The second-order valence-corrected chi connectivity index (χ2v) is 13.7. The Morgan fingerprint density at radius 3 is 2.17 bits per heavy atom. The zero-order valence-corrected chi connectivity index (χ0v) is 27.5. The molecule has 3 aromatic carbocycles. The van der Waals surface area contributed by atoms with E-state index in [-0.39, 0.29) is 45.7 Å². The molecule has 12 heteroatoms. The van der Waals surface area contributed by atoms with Crippen molar-refractivity contribution < 1.29 is 18.0 Å². The van der Waals surface area contributed by atoms with Crippen molar-refractivity contribution in [3.05, 3.63) is 97.4 Å². The van der Waals surface area contributed by atoms with Crippen LogP contribution in [-0.2, 0) is 32.6 Å². The Labute approximate surface area is 264 Å². The van der Waals surface area contributed by atoms with Crippen molar-refractivity contribution >= 4 is 78.3 Å². The van der Waals surface area contributed by atoms with Crippen molar-refractivity contribution in [3.8, 4) is 0 Å². The maximum Gasteiger partial charge on any atom is 0.244 e. The number of nitrogens with zero attached hydrogens (tertiary/aromatic N) is 2. The van der Waals surface area contributed by atoms with Crippen LogP contribution in [0.2, 0.25) is 15.1 Å². The average molecular weight is 704 g/mol. The summed E-state index contributed by atoms with van der Waals surface area (Å²) < 4.78 is 27.6. The van der Waals surface area contributed by atoms with E-state index in [0.717, 1.165) is 26.2 Å². The molecule has 0 aliphatic heterocycles. The van der Waals surface area contributed by atoms with Gasteiger partial charge in [0.05, 0.1) is 27.0 Å². The summed E-state index contributed by atoms with van der Waals surface area (Å²) in [6.07, 6.45) is 1.88. The van der Waals surface area contributed by atoms with Gasteiger partial charge in [-0.25, -0.2) is 8.42 Å². The highest BCUT2D eigenvalue weighted by atomic mass is 79.9. The first-order chi connectivity index (χ1) is 19.3. The van der Waals surface area contributed by atoms with Gasteiger partial charge >= 0.3 is 0 Å². The van der Waals surface area contributed by atoms with Crippen LogP contribution in [0.3, 0.4) is 0 Å². The number of sulfonamides is 1. The van der Waals surface area contributed by atoms with Crippen LogP contribution >= 0.6 is 50.7 Å². The normalized spacial score (nSPS) is 12.9. The van der Waals surface area contributed by atoms with Crippen molar-refractivity contribution in [1.82, 2.24) is 10.2 Å². The van der Waals surface area contributed by atoms with Gasteiger partial charge in [0, 0.05) is 23.5 Å². The lowest BCUT2D eigenvalue weighted by atomic mass is 10.0. The van der Waals surface area contributed by atoms with E-state index in [0.29, 0.717) is 6.42 Å². The second kappa shape index (κ2) is 14.7. The highest BCUT2D eigenvalue weighted by Gasteiger charge is 2.34. The van der Waals surface area contributed by atoms with Crippen LogP contribution in [0.1, 0.15) is 31.4 Å². The average Bonchev–Trinajstić information content (AvgIpc) is 2.91. The second-order valence-electron chi connectivity index (χ2n) is 9.66. The summed E-state index contributed by atoms with van der Waals surface area (Å²) in [6, 6.07) is 18.2. The quantitative estimate of drug-likeness (QED) is 0.212. The molecule has 0 saturated carbocycles. The van der Waals surface area contributed by atoms with E-state index in [9.17, 15) is 18.0 Å². The first kappa shape index (κ1) is 33.2. The molecule has 3 rings (SSSR count). The first-order valence-corrected chi connectivity index (χ1v) is 16.6. The van der Waals surface area contributed by atoms with Gasteiger partial charge in [-0.2, -0.15) is 0 Å². The highest BCUT2D eigenvalue weighted by Crippen LogP contribution is 2.35. The van der Waals surface area contributed by atoms with E-state index in [2.05, 4.69) is 21.2 Å². The molecule has 0 unspecified atom stereocenters. The molecule has 0 radical (unpaired) electrons. The Hall–Kier alpha value is -2.30. The van der Waals surface area contributed by atoms with Gasteiger partial charge in [0.25, 0.3) is 0 Å². The van der Waals surface area contributed by atoms with Gasteiger partial charge in [-0.1, -0.05) is 100 Å². The Morgan fingerprint density at radius 2 is 1.56 bits per heavy atom. The van der Waals surface area contributed by atoms with Gasteiger partial charge in [-0.05, 0) is 48.7 Å². The van der Waals surface area contributed by atoms with Gasteiger partial charge < -0.3 is 10.2 Å². The van der Waals surface area contributed by atoms with Crippen LogP contribution in [0.5, 0.6) is 0 Å². The van der Waals surface area contributed by atoms with Gasteiger partial charge in [0.15, 0.2) is 0 Å². The van der Waals surface area contributed by atoms with Crippen molar-refractivity contribution in [2.24, 2.45) is 0 Å². The van der Waals surface area contributed by atoms with Crippen LogP contribution in [0.4, 0.5) is 5.69 Å². The Morgan fingerprint density at radius 1 is 0.927 bits per heavy atom. The minimum atomic E-state index is -4.01. The maximum atomic E-state index is 14.1. The van der Waals surface area contributed by atoms with Crippen molar-refractivity contribution in [2.45, 2.75) is 45.3 Å².